The van der Waals surface area contributed by atoms with Crippen LogP contribution < -0.4 is 5.32 Å². The van der Waals surface area contributed by atoms with E-state index in [0.717, 1.165) is 11.7 Å². The zero-order chi connectivity index (χ0) is 13.8. The van der Waals surface area contributed by atoms with E-state index in [2.05, 4.69) is 24.2 Å². The highest BCUT2D eigenvalue weighted by atomic mass is 35.5. The molecule has 0 aliphatic carbocycles. The van der Waals surface area contributed by atoms with Crippen LogP contribution in [0.1, 0.15) is 26.7 Å². The van der Waals surface area contributed by atoms with Gasteiger partial charge in [0.25, 0.3) is 0 Å². The van der Waals surface area contributed by atoms with Crippen LogP contribution in [0.15, 0.2) is 23.2 Å². The molecule has 0 saturated carbocycles. The van der Waals surface area contributed by atoms with Crippen LogP contribution in [0.3, 0.4) is 0 Å². The number of thioether (sulfide) groups is 1. The third-order valence-corrected chi connectivity index (χ3v) is 5.03. The summed E-state index contributed by atoms with van der Waals surface area (Å²) in [6.07, 6.45) is 2.35. The maximum absolute atomic E-state index is 13.0. The van der Waals surface area contributed by atoms with Gasteiger partial charge in [-0.05, 0) is 24.1 Å². The van der Waals surface area contributed by atoms with Crippen molar-refractivity contribution in [2.24, 2.45) is 10.9 Å². The van der Waals surface area contributed by atoms with Gasteiger partial charge in [0, 0.05) is 5.25 Å². The first-order chi connectivity index (χ1) is 9.13. The Balaban J connectivity index is 1.98. The summed E-state index contributed by atoms with van der Waals surface area (Å²) in [5.74, 6) is 0.364. The van der Waals surface area contributed by atoms with Crippen molar-refractivity contribution < 1.29 is 4.39 Å². The second-order valence-electron chi connectivity index (χ2n) is 4.63. The van der Waals surface area contributed by atoms with Crippen molar-refractivity contribution in [1.82, 2.24) is 0 Å². The Morgan fingerprint density at radius 1 is 1.47 bits per heavy atom. The lowest BCUT2D eigenvalue weighted by Gasteiger charge is -2.18. The lowest BCUT2D eigenvalue weighted by Crippen LogP contribution is -2.17. The predicted octanol–water partition coefficient (Wildman–Crippen LogP) is 4.80. The third-order valence-electron chi connectivity index (χ3n) is 3.43. The van der Waals surface area contributed by atoms with Crippen LogP contribution in [-0.4, -0.2) is 17.0 Å². The number of amidine groups is 1. The normalized spacial score (nSPS) is 18.8. The van der Waals surface area contributed by atoms with Crippen molar-refractivity contribution in [2.45, 2.75) is 31.9 Å². The molecule has 1 aliphatic rings. The molecule has 0 bridgehead atoms. The molecule has 0 fully saturated rings. The molecule has 2 nitrogen and oxygen atoms in total. The van der Waals surface area contributed by atoms with E-state index >= 15 is 0 Å². The van der Waals surface area contributed by atoms with Crippen molar-refractivity contribution in [3.63, 3.8) is 0 Å². The van der Waals surface area contributed by atoms with E-state index in [4.69, 9.17) is 11.6 Å². The Labute approximate surface area is 122 Å². The molecule has 1 atom stereocenters. The molecule has 0 saturated heterocycles. The van der Waals surface area contributed by atoms with E-state index < -0.39 is 0 Å². The number of anilines is 1. The number of hydrogen-bond donors (Lipinski definition) is 1. The van der Waals surface area contributed by atoms with Crippen molar-refractivity contribution in [3.05, 3.63) is 29.0 Å². The number of hydrogen-bond acceptors (Lipinski definition) is 3. The molecular weight excluding hydrogens is 283 g/mol. The molecule has 1 aliphatic heterocycles. The lowest BCUT2D eigenvalue weighted by molar-refractivity contribution is 0.479. The fraction of sp³-hybridized carbons (Fsp3) is 0.500. The number of aliphatic imine (C=N–C) groups is 1. The average molecular weight is 301 g/mol. The lowest BCUT2D eigenvalue weighted by atomic mass is 9.99. The Morgan fingerprint density at radius 3 is 2.84 bits per heavy atom. The zero-order valence-electron chi connectivity index (χ0n) is 11.1. The number of benzene rings is 1. The summed E-state index contributed by atoms with van der Waals surface area (Å²) in [6.45, 7) is 5.28. The highest BCUT2D eigenvalue weighted by Crippen LogP contribution is 2.32. The van der Waals surface area contributed by atoms with Gasteiger partial charge in [-0.15, -0.1) is 0 Å². The highest BCUT2D eigenvalue weighted by molar-refractivity contribution is 8.15. The van der Waals surface area contributed by atoms with E-state index in [1.165, 1.54) is 25.0 Å². The van der Waals surface area contributed by atoms with Gasteiger partial charge < -0.3 is 5.32 Å². The number of halogens is 2. The van der Waals surface area contributed by atoms with Crippen molar-refractivity contribution in [2.75, 3.05) is 11.9 Å². The SMILES string of the molecule is CCC(CC)C1CN=C(Nc2ccc(F)cc2Cl)S1. The Morgan fingerprint density at radius 2 is 2.21 bits per heavy atom. The minimum Gasteiger partial charge on any atom is -0.334 e. The molecule has 1 N–H and O–H groups in total. The first-order valence-corrected chi connectivity index (χ1v) is 7.83. The fourth-order valence-corrected chi connectivity index (χ4v) is 3.77. The van der Waals surface area contributed by atoms with Gasteiger partial charge in [0.1, 0.15) is 5.82 Å². The summed E-state index contributed by atoms with van der Waals surface area (Å²) in [6, 6.07) is 4.35. The number of nitrogens with zero attached hydrogens (tertiary/aromatic N) is 1. The Kier molecular flexibility index (Phi) is 5.11. The van der Waals surface area contributed by atoms with Crippen molar-refractivity contribution in [3.8, 4) is 0 Å². The van der Waals surface area contributed by atoms with Crippen LogP contribution >= 0.6 is 23.4 Å². The molecule has 1 unspecified atom stereocenters. The van der Waals surface area contributed by atoms with E-state index in [1.807, 2.05) is 0 Å². The molecule has 1 aromatic carbocycles. The van der Waals surface area contributed by atoms with Gasteiger partial charge in [0.15, 0.2) is 5.17 Å². The summed E-state index contributed by atoms with van der Waals surface area (Å²) in [5, 5.41) is 4.99. The third kappa shape index (κ3) is 3.63. The predicted molar refractivity (Wildman–Crippen MR) is 82.8 cm³/mol. The summed E-state index contributed by atoms with van der Waals surface area (Å²) >= 11 is 7.76. The molecule has 1 heterocycles. The summed E-state index contributed by atoms with van der Waals surface area (Å²) < 4.78 is 13.0. The Bertz CT molecular complexity index is 475. The van der Waals surface area contributed by atoms with E-state index in [1.54, 1.807) is 17.8 Å². The number of nitrogens with one attached hydrogen (secondary N) is 1. The molecule has 1 aromatic rings. The second kappa shape index (κ2) is 6.62. The molecule has 0 radical (unpaired) electrons. The molecule has 19 heavy (non-hydrogen) atoms. The molecule has 0 amide bonds. The standard InChI is InChI=1S/C14H18ClFN2S/c1-3-9(4-2)13-8-17-14(19-13)18-12-6-5-10(16)7-11(12)15/h5-7,9,13H,3-4,8H2,1-2H3,(H,17,18). The molecule has 5 heteroatoms. The van der Waals surface area contributed by atoms with Crippen LogP contribution in [0, 0.1) is 11.7 Å². The smallest absolute Gasteiger partial charge is 0.161 e. The average Bonchev–Trinajstić information content (AvgIpc) is 2.83. The van der Waals surface area contributed by atoms with E-state index in [9.17, 15) is 4.39 Å². The topological polar surface area (TPSA) is 24.4 Å². The molecule has 0 aromatic heterocycles. The van der Waals surface area contributed by atoms with Crippen molar-refractivity contribution in [1.29, 1.82) is 0 Å². The summed E-state index contributed by atoms with van der Waals surface area (Å²) in [7, 11) is 0. The van der Waals surface area contributed by atoms with Gasteiger partial charge >= 0.3 is 0 Å². The van der Waals surface area contributed by atoms with Gasteiger partial charge in [-0.25, -0.2) is 4.39 Å². The quantitative estimate of drug-likeness (QED) is 0.864. The van der Waals surface area contributed by atoms with Gasteiger partial charge in [0.2, 0.25) is 0 Å². The Hall–Kier alpha value is -0.740. The van der Waals surface area contributed by atoms with Gasteiger partial charge in [-0.1, -0.05) is 50.1 Å². The first-order valence-electron chi connectivity index (χ1n) is 6.57. The zero-order valence-corrected chi connectivity index (χ0v) is 12.7. The van der Waals surface area contributed by atoms with Crippen LogP contribution in [0.5, 0.6) is 0 Å². The maximum Gasteiger partial charge on any atom is 0.161 e. The largest absolute Gasteiger partial charge is 0.334 e. The second-order valence-corrected chi connectivity index (χ2v) is 6.26. The maximum atomic E-state index is 13.0. The van der Waals surface area contributed by atoms with Gasteiger partial charge in [-0.3, -0.25) is 4.99 Å². The molecule has 0 spiro atoms. The van der Waals surface area contributed by atoms with E-state index in [-0.39, 0.29) is 5.82 Å². The minimum absolute atomic E-state index is 0.327. The molecule has 2 rings (SSSR count). The summed E-state index contributed by atoms with van der Waals surface area (Å²) in [4.78, 5) is 4.51. The molecular formula is C14H18ClFN2S. The van der Waals surface area contributed by atoms with Crippen LogP contribution in [-0.2, 0) is 0 Å². The van der Waals surface area contributed by atoms with Crippen LogP contribution in [0.4, 0.5) is 10.1 Å². The summed E-state index contributed by atoms with van der Waals surface area (Å²) in [5.41, 5.74) is 0.708. The van der Waals surface area contributed by atoms with Gasteiger partial charge in [-0.2, -0.15) is 0 Å². The fourth-order valence-electron chi connectivity index (χ4n) is 2.23. The first kappa shape index (κ1) is 14.7. The van der Waals surface area contributed by atoms with E-state index in [0.29, 0.717) is 21.9 Å². The van der Waals surface area contributed by atoms with Crippen molar-refractivity contribution >= 4 is 34.2 Å². The monoisotopic (exact) mass is 300 g/mol. The van der Waals surface area contributed by atoms with Crippen LogP contribution in [0.2, 0.25) is 5.02 Å². The van der Waals surface area contributed by atoms with Crippen LogP contribution in [0.25, 0.3) is 0 Å². The van der Waals surface area contributed by atoms with Gasteiger partial charge in [0.05, 0.1) is 17.3 Å². The molecule has 104 valence electrons. The minimum atomic E-state index is -0.327. The number of rotatable bonds is 4. The highest BCUT2D eigenvalue weighted by Gasteiger charge is 2.26.